The number of benzene rings is 3. The average molecular weight is 596 g/mol. The Balaban J connectivity index is 0.00000201. The number of hydrogen-bond acceptors (Lipinski definition) is 5. The number of halogens is 2. The van der Waals surface area contributed by atoms with Gasteiger partial charge in [-0.2, -0.15) is 0 Å². The van der Waals surface area contributed by atoms with Crippen molar-refractivity contribution in [3.8, 4) is 5.75 Å². The summed E-state index contributed by atoms with van der Waals surface area (Å²) in [4.78, 5) is 23.3. The molecule has 0 saturated carbocycles. The van der Waals surface area contributed by atoms with Gasteiger partial charge < -0.3 is 19.7 Å². The number of carbonyl (C=O) groups excluding carboxylic acids is 1. The molecule has 3 rings (SSSR count). The lowest BCUT2D eigenvalue weighted by atomic mass is 9.98. The molecule has 0 amide bonds. The number of rotatable bonds is 8. The Morgan fingerprint density at radius 2 is 1.41 bits per heavy atom. The summed E-state index contributed by atoms with van der Waals surface area (Å²) in [7, 11) is 0. The van der Waals surface area contributed by atoms with E-state index in [-0.39, 0.29) is 5.56 Å². The second kappa shape index (κ2) is 19.3. The minimum absolute atomic E-state index is 0.263. The van der Waals surface area contributed by atoms with E-state index in [1.165, 1.54) is 6.07 Å². The molecule has 2 atom stereocenters. The Morgan fingerprint density at radius 1 is 0.865 bits per heavy atom. The van der Waals surface area contributed by atoms with Gasteiger partial charge in [0.2, 0.25) is 0 Å². The summed E-state index contributed by atoms with van der Waals surface area (Å²) in [6.45, 7) is 11.5. The molecule has 0 aliphatic rings. The normalized spacial score (nSPS) is 11.1. The average Bonchev–Trinajstić information content (AvgIpc) is 2.94. The lowest BCUT2D eigenvalue weighted by molar-refractivity contribution is -0.139. The van der Waals surface area contributed by atoms with Crippen LogP contribution in [0.15, 0.2) is 77.3 Å². The molecule has 0 saturated heterocycles. The smallest absolute Gasteiger partial charge is 0.341 e. The van der Waals surface area contributed by atoms with Gasteiger partial charge in [-0.05, 0) is 53.6 Å². The van der Waals surface area contributed by atoms with Crippen LogP contribution in [0.25, 0.3) is 0 Å². The Labute approximate surface area is 233 Å². The maximum atomic E-state index is 12.7. The van der Waals surface area contributed by atoms with Gasteiger partial charge in [-0.1, -0.05) is 99.4 Å². The van der Waals surface area contributed by atoms with Gasteiger partial charge in [-0.15, -0.1) is 0 Å². The van der Waals surface area contributed by atoms with E-state index in [2.05, 4.69) is 15.9 Å². The van der Waals surface area contributed by atoms with E-state index >= 15 is 0 Å². The van der Waals surface area contributed by atoms with Crippen molar-refractivity contribution in [2.75, 3.05) is 6.61 Å². The van der Waals surface area contributed by atoms with Crippen molar-refractivity contribution >= 4 is 39.5 Å². The molecule has 202 valence electrons. The van der Waals surface area contributed by atoms with E-state index in [1.54, 1.807) is 66.7 Å². The molecule has 0 aliphatic heterocycles. The summed E-state index contributed by atoms with van der Waals surface area (Å²) >= 11 is 9.33. The highest BCUT2D eigenvalue weighted by Crippen LogP contribution is 2.34. The highest BCUT2D eigenvalue weighted by molar-refractivity contribution is 9.10. The monoisotopic (exact) mass is 594 g/mol. The van der Waals surface area contributed by atoms with E-state index in [0.717, 1.165) is 4.47 Å². The highest BCUT2D eigenvalue weighted by atomic mass is 79.9. The second-order valence-electron chi connectivity index (χ2n) is 6.58. The Morgan fingerprint density at radius 3 is 1.92 bits per heavy atom. The van der Waals surface area contributed by atoms with E-state index in [4.69, 9.17) is 26.2 Å². The first-order valence-corrected chi connectivity index (χ1v) is 13.3. The van der Waals surface area contributed by atoms with Crippen LogP contribution in [0.4, 0.5) is 0 Å². The van der Waals surface area contributed by atoms with Crippen LogP contribution in [-0.2, 0) is 9.53 Å². The number of hydrogen-bond donors (Lipinski definition) is 2. The molecule has 0 fully saturated rings. The third-order valence-electron chi connectivity index (χ3n) is 4.36. The molecular formula is C29H36BrClO6. The van der Waals surface area contributed by atoms with Crippen LogP contribution in [0.1, 0.15) is 75.2 Å². The van der Waals surface area contributed by atoms with E-state index in [0.29, 0.717) is 21.9 Å². The van der Waals surface area contributed by atoms with Crippen LogP contribution in [0.5, 0.6) is 5.75 Å². The number of aliphatic hydroxyl groups is 1. The number of carboxylic acid groups (broad SMARTS) is 1. The topological polar surface area (TPSA) is 93.1 Å². The predicted molar refractivity (Wildman–Crippen MR) is 152 cm³/mol. The Kier molecular flexibility index (Phi) is 17.8. The zero-order chi connectivity index (χ0) is 28.4. The molecule has 0 aliphatic carbocycles. The number of carbonyl (C=O) groups is 2. The Bertz CT molecular complexity index is 1050. The van der Waals surface area contributed by atoms with Gasteiger partial charge in [-0.25, -0.2) is 9.59 Å². The molecular weight excluding hydrogens is 560 g/mol. The van der Waals surface area contributed by atoms with Crippen molar-refractivity contribution in [2.24, 2.45) is 0 Å². The maximum Gasteiger partial charge on any atom is 0.341 e. The molecule has 6 nitrogen and oxygen atoms in total. The summed E-state index contributed by atoms with van der Waals surface area (Å²) in [6.07, 6.45) is -2.18. The van der Waals surface area contributed by atoms with Gasteiger partial charge in [0.1, 0.15) is 11.9 Å². The van der Waals surface area contributed by atoms with Crippen molar-refractivity contribution in [3.63, 3.8) is 0 Å². The molecule has 8 heteroatoms. The van der Waals surface area contributed by atoms with Crippen LogP contribution >= 0.6 is 27.5 Å². The van der Waals surface area contributed by atoms with Crippen LogP contribution < -0.4 is 4.74 Å². The molecule has 3 aromatic carbocycles. The van der Waals surface area contributed by atoms with Crippen LogP contribution in [0, 0.1) is 0 Å². The van der Waals surface area contributed by atoms with Crippen molar-refractivity contribution in [1.29, 1.82) is 0 Å². The number of ether oxygens (including phenoxy) is 2. The van der Waals surface area contributed by atoms with E-state index in [9.17, 15) is 14.7 Å². The van der Waals surface area contributed by atoms with Crippen molar-refractivity contribution in [3.05, 3.63) is 99.0 Å². The largest absolute Gasteiger partial charge is 0.482 e. The number of aliphatic carboxylic acids is 1. The predicted octanol–water partition coefficient (Wildman–Crippen LogP) is 8.28. The summed E-state index contributed by atoms with van der Waals surface area (Å²) in [5.74, 6) is -1.38. The van der Waals surface area contributed by atoms with Gasteiger partial charge in [-0.3, -0.25) is 0 Å². The molecule has 0 bridgehead atoms. The highest BCUT2D eigenvalue weighted by Gasteiger charge is 2.27. The molecule has 0 spiro atoms. The van der Waals surface area contributed by atoms with E-state index in [1.807, 2.05) is 41.5 Å². The maximum absolute atomic E-state index is 12.7. The van der Waals surface area contributed by atoms with Gasteiger partial charge in [0.05, 0.1) is 5.56 Å². The standard InChI is InChI=1S/C23H18BrClO6.3C2H6/c24-17-8-4-15(5-9-17)22(31-23(29)16-2-1-3-18(25)12-16)21(28)14-6-10-19(11-7-14)30-13-20(26)27;3*1-2/h1-12,21-22,28H,13H2,(H,26,27);3*1-2H3. The molecule has 37 heavy (non-hydrogen) atoms. The third-order valence-corrected chi connectivity index (χ3v) is 5.13. The van der Waals surface area contributed by atoms with Crippen molar-refractivity contribution in [2.45, 2.75) is 53.8 Å². The van der Waals surface area contributed by atoms with Gasteiger partial charge in [0, 0.05) is 9.50 Å². The lowest BCUT2D eigenvalue weighted by Crippen LogP contribution is -2.19. The first-order valence-electron chi connectivity index (χ1n) is 12.2. The summed E-state index contributed by atoms with van der Waals surface area (Å²) in [5, 5.41) is 20.1. The molecule has 0 aromatic heterocycles. The van der Waals surface area contributed by atoms with Crippen LogP contribution in [0.3, 0.4) is 0 Å². The first kappa shape index (κ1) is 34.1. The SMILES string of the molecule is CC.CC.CC.O=C(O)COc1ccc(C(O)C(OC(=O)c2cccc(Cl)c2)c2ccc(Br)cc2)cc1. The van der Waals surface area contributed by atoms with Crippen molar-refractivity contribution in [1.82, 2.24) is 0 Å². The zero-order valence-electron chi connectivity index (χ0n) is 22.1. The summed E-state index contributed by atoms with van der Waals surface area (Å²) in [5.41, 5.74) is 1.32. The molecule has 0 heterocycles. The first-order chi connectivity index (χ1) is 17.8. The fraction of sp³-hybridized carbons (Fsp3) is 0.310. The second-order valence-corrected chi connectivity index (χ2v) is 7.94. The van der Waals surface area contributed by atoms with E-state index < -0.39 is 30.8 Å². The van der Waals surface area contributed by atoms with Crippen LogP contribution in [0.2, 0.25) is 5.02 Å². The zero-order valence-corrected chi connectivity index (χ0v) is 24.4. The number of aliphatic hydroxyl groups excluding tert-OH is 1. The molecule has 2 unspecified atom stereocenters. The van der Waals surface area contributed by atoms with Gasteiger partial charge in [0.15, 0.2) is 12.7 Å². The molecule has 2 N–H and O–H groups in total. The minimum Gasteiger partial charge on any atom is -0.482 e. The fourth-order valence-electron chi connectivity index (χ4n) is 2.85. The quantitative estimate of drug-likeness (QED) is 0.255. The number of esters is 1. The third kappa shape index (κ3) is 11.8. The fourth-order valence-corrected chi connectivity index (χ4v) is 3.30. The molecule has 3 aromatic rings. The minimum atomic E-state index is -1.18. The molecule has 0 radical (unpaired) electrons. The van der Waals surface area contributed by atoms with Crippen molar-refractivity contribution < 1.29 is 29.3 Å². The van der Waals surface area contributed by atoms with Gasteiger partial charge in [0.25, 0.3) is 0 Å². The van der Waals surface area contributed by atoms with Crippen LogP contribution in [-0.4, -0.2) is 28.8 Å². The van der Waals surface area contributed by atoms with Gasteiger partial charge >= 0.3 is 11.9 Å². The number of carboxylic acids is 1. The Hall–Kier alpha value is -2.87. The lowest BCUT2D eigenvalue weighted by Gasteiger charge is -2.24. The summed E-state index contributed by atoms with van der Waals surface area (Å²) in [6, 6.07) is 19.7. The summed E-state index contributed by atoms with van der Waals surface area (Å²) < 4.78 is 11.6.